The second kappa shape index (κ2) is 9.63. The highest BCUT2D eigenvalue weighted by Crippen LogP contribution is 2.22. The third-order valence-corrected chi connectivity index (χ3v) is 4.38. The molecule has 0 saturated heterocycles. The number of rotatable bonds is 9. The van der Waals surface area contributed by atoms with Crippen LogP contribution in [0.2, 0.25) is 0 Å². The van der Waals surface area contributed by atoms with Crippen molar-refractivity contribution >= 4 is 33.4 Å². The quantitative estimate of drug-likeness (QED) is 0.557. The number of aromatic nitrogens is 1. The zero-order valence-corrected chi connectivity index (χ0v) is 14.1. The standard InChI is InChI=1S/C17H19N3O3S/c18-10-5-11-19-15(21)12-23-17(22)9-4-3-8-16-20-13-6-1-2-7-14(13)24-16/h1-2,6-7H,3-5,8-9,11-12H2,(H,19,21). The van der Waals surface area contributed by atoms with Gasteiger partial charge in [-0.2, -0.15) is 5.26 Å². The Kier molecular flexibility index (Phi) is 7.18. The van der Waals surface area contributed by atoms with Crippen LogP contribution in [-0.4, -0.2) is 30.0 Å². The lowest BCUT2D eigenvalue weighted by Crippen LogP contribution is -2.29. The molecule has 0 aliphatic rings. The number of esters is 1. The Bertz CT molecular complexity index is 703. The average Bonchev–Trinajstić information content (AvgIpc) is 3.00. The Morgan fingerprint density at radius 3 is 2.92 bits per heavy atom. The van der Waals surface area contributed by atoms with Gasteiger partial charge in [-0.05, 0) is 31.4 Å². The minimum absolute atomic E-state index is 0.242. The Labute approximate surface area is 144 Å². The van der Waals surface area contributed by atoms with E-state index in [0.29, 0.717) is 6.42 Å². The summed E-state index contributed by atoms with van der Waals surface area (Å²) in [4.78, 5) is 27.4. The molecule has 126 valence electrons. The van der Waals surface area contributed by atoms with Crippen LogP contribution in [0.15, 0.2) is 24.3 Å². The number of para-hydroxylation sites is 1. The molecule has 0 radical (unpaired) electrons. The van der Waals surface area contributed by atoms with Gasteiger partial charge in [0.05, 0.1) is 27.7 Å². The molecular weight excluding hydrogens is 326 g/mol. The van der Waals surface area contributed by atoms with Gasteiger partial charge in [0, 0.05) is 13.0 Å². The molecule has 1 aromatic carbocycles. The second-order valence-corrected chi connectivity index (χ2v) is 6.32. The minimum Gasteiger partial charge on any atom is -0.456 e. The van der Waals surface area contributed by atoms with Gasteiger partial charge in [0.25, 0.3) is 5.91 Å². The summed E-state index contributed by atoms with van der Waals surface area (Å²) in [7, 11) is 0. The Morgan fingerprint density at radius 2 is 2.12 bits per heavy atom. The smallest absolute Gasteiger partial charge is 0.306 e. The number of carbonyl (C=O) groups excluding carboxylic acids is 2. The van der Waals surface area contributed by atoms with Gasteiger partial charge in [-0.15, -0.1) is 11.3 Å². The van der Waals surface area contributed by atoms with Crippen LogP contribution in [0.4, 0.5) is 0 Å². The topological polar surface area (TPSA) is 92.1 Å². The summed E-state index contributed by atoms with van der Waals surface area (Å²) < 4.78 is 6.06. The molecule has 0 fully saturated rings. The van der Waals surface area contributed by atoms with Gasteiger partial charge < -0.3 is 10.1 Å². The molecule has 1 N–H and O–H groups in total. The number of nitrogens with one attached hydrogen (secondary N) is 1. The van der Waals surface area contributed by atoms with E-state index in [2.05, 4.69) is 16.4 Å². The summed E-state index contributed by atoms with van der Waals surface area (Å²) in [5.41, 5.74) is 1.01. The van der Waals surface area contributed by atoms with Crippen LogP contribution in [0.3, 0.4) is 0 Å². The molecule has 0 bridgehead atoms. The number of thiazole rings is 1. The Morgan fingerprint density at radius 1 is 1.29 bits per heavy atom. The summed E-state index contributed by atoms with van der Waals surface area (Å²) in [6, 6.07) is 9.93. The zero-order chi connectivity index (χ0) is 17.2. The molecule has 7 heteroatoms. The number of ether oxygens (including phenoxy) is 1. The molecule has 1 amide bonds. The van der Waals surface area contributed by atoms with Crippen molar-refractivity contribution in [2.45, 2.75) is 32.1 Å². The van der Waals surface area contributed by atoms with Gasteiger partial charge in [0.1, 0.15) is 0 Å². The normalized spacial score (nSPS) is 10.3. The number of fused-ring (bicyclic) bond motifs is 1. The van der Waals surface area contributed by atoms with Crippen molar-refractivity contribution in [3.05, 3.63) is 29.3 Å². The fraction of sp³-hybridized carbons (Fsp3) is 0.412. The van der Waals surface area contributed by atoms with Gasteiger partial charge in [-0.25, -0.2) is 4.98 Å². The molecule has 24 heavy (non-hydrogen) atoms. The molecule has 2 aromatic rings. The van der Waals surface area contributed by atoms with Crippen LogP contribution in [0.5, 0.6) is 0 Å². The molecule has 0 spiro atoms. The lowest BCUT2D eigenvalue weighted by Gasteiger charge is -2.05. The predicted octanol–water partition coefficient (Wildman–Crippen LogP) is 2.58. The fourth-order valence-electron chi connectivity index (χ4n) is 2.10. The average molecular weight is 345 g/mol. The van der Waals surface area contributed by atoms with Crippen LogP contribution < -0.4 is 5.32 Å². The van der Waals surface area contributed by atoms with E-state index < -0.39 is 0 Å². The predicted molar refractivity (Wildman–Crippen MR) is 91.4 cm³/mol. The van der Waals surface area contributed by atoms with Crippen LogP contribution in [-0.2, 0) is 20.7 Å². The summed E-state index contributed by atoms with van der Waals surface area (Å²) >= 11 is 1.68. The highest BCUT2D eigenvalue weighted by molar-refractivity contribution is 7.18. The summed E-state index contributed by atoms with van der Waals surface area (Å²) in [6.07, 6.45) is 2.91. The number of benzene rings is 1. The lowest BCUT2D eigenvalue weighted by atomic mass is 10.2. The first-order valence-electron chi connectivity index (χ1n) is 7.83. The van der Waals surface area contributed by atoms with E-state index in [1.165, 1.54) is 4.70 Å². The van der Waals surface area contributed by atoms with Crippen molar-refractivity contribution in [2.24, 2.45) is 0 Å². The number of unbranched alkanes of at least 4 members (excludes halogenated alkanes) is 1. The lowest BCUT2D eigenvalue weighted by molar-refractivity contribution is -0.148. The summed E-state index contributed by atoms with van der Waals surface area (Å²) in [5, 5.41) is 11.9. The van der Waals surface area contributed by atoms with Crippen LogP contribution >= 0.6 is 11.3 Å². The fourth-order valence-corrected chi connectivity index (χ4v) is 3.11. The van der Waals surface area contributed by atoms with Crippen molar-refractivity contribution in [3.63, 3.8) is 0 Å². The van der Waals surface area contributed by atoms with Gasteiger partial charge >= 0.3 is 5.97 Å². The third kappa shape index (κ3) is 5.97. The van der Waals surface area contributed by atoms with Crippen molar-refractivity contribution in [3.8, 4) is 6.07 Å². The SMILES string of the molecule is N#CCCNC(=O)COC(=O)CCCCc1nc2ccccc2s1. The minimum atomic E-state index is -0.381. The number of carbonyl (C=O) groups is 2. The van der Waals surface area contributed by atoms with E-state index in [1.54, 1.807) is 11.3 Å². The Balaban J connectivity index is 1.59. The first-order chi connectivity index (χ1) is 11.7. The van der Waals surface area contributed by atoms with E-state index in [0.717, 1.165) is 23.4 Å². The van der Waals surface area contributed by atoms with E-state index >= 15 is 0 Å². The molecular formula is C17H19N3O3S. The largest absolute Gasteiger partial charge is 0.456 e. The highest BCUT2D eigenvalue weighted by atomic mass is 32.1. The molecule has 0 aliphatic carbocycles. The monoisotopic (exact) mass is 345 g/mol. The first-order valence-corrected chi connectivity index (χ1v) is 8.64. The summed E-state index contributed by atoms with van der Waals surface area (Å²) in [6.45, 7) is -0.0167. The van der Waals surface area contributed by atoms with Crippen molar-refractivity contribution in [1.29, 1.82) is 5.26 Å². The van der Waals surface area contributed by atoms with Gasteiger partial charge in [0.2, 0.25) is 0 Å². The maximum absolute atomic E-state index is 11.6. The van der Waals surface area contributed by atoms with Crippen LogP contribution in [0.25, 0.3) is 10.2 Å². The molecule has 1 heterocycles. The number of amides is 1. The van der Waals surface area contributed by atoms with Gasteiger partial charge in [-0.3, -0.25) is 9.59 Å². The first kappa shape index (κ1) is 17.9. The molecule has 2 rings (SSSR count). The number of nitriles is 1. The molecule has 0 unspecified atom stereocenters. The van der Waals surface area contributed by atoms with E-state index in [4.69, 9.17) is 10.00 Å². The molecule has 1 aromatic heterocycles. The van der Waals surface area contributed by atoms with Crippen LogP contribution in [0, 0.1) is 11.3 Å². The van der Waals surface area contributed by atoms with E-state index in [9.17, 15) is 9.59 Å². The maximum Gasteiger partial charge on any atom is 0.306 e. The number of hydrogen-bond donors (Lipinski definition) is 1. The second-order valence-electron chi connectivity index (χ2n) is 5.20. The highest BCUT2D eigenvalue weighted by Gasteiger charge is 2.08. The third-order valence-electron chi connectivity index (χ3n) is 3.28. The molecule has 0 atom stereocenters. The number of aryl methyl sites for hydroxylation is 1. The van der Waals surface area contributed by atoms with E-state index in [-0.39, 0.29) is 37.9 Å². The van der Waals surface area contributed by atoms with Crippen molar-refractivity contribution in [2.75, 3.05) is 13.2 Å². The molecule has 0 saturated carbocycles. The van der Waals surface area contributed by atoms with Crippen molar-refractivity contribution < 1.29 is 14.3 Å². The number of hydrogen-bond acceptors (Lipinski definition) is 6. The maximum atomic E-state index is 11.6. The van der Waals surface area contributed by atoms with Crippen LogP contribution in [0.1, 0.15) is 30.7 Å². The zero-order valence-electron chi connectivity index (χ0n) is 13.3. The van der Waals surface area contributed by atoms with Gasteiger partial charge in [0.15, 0.2) is 6.61 Å². The number of nitrogens with zero attached hydrogens (tertiary/aromatic N) is 2. The van der Waals surface area contributed by atoms with Gasteiger partial charge in [-0.1, -0.05) is 12.1 Å². The van der Waals surface area contributed by atoms with Crippen molar-refractivity contribution in [1.82, 2.24) is 10.3 Å². The molecule has 0 aliphatic heterocycles. The Hall–Kier alpha value is -2.46. The molecule has 6 nitrogen and oxygen atoms in total. The summed E-state index contributed by atoms with van der Waals surface area (Å²) in [5.74, 6) is -0.761. The van der Waals surface area contributed by atoms with E-state index in [1.807, 2.05) is 24.3 Å².